The third-order valence-corrected chi connectivity index (χ3v) is 4.28. The number of hydrogen-bond acceptors (Lipinski definition) is 4. The third kappa shape index (κ3) is 3.77. The van der Waals surface area contributed by atoms with E-state index in [4.69, 9.17) is 10.5 Å². The molecular weight excluding hydrogens is 294 g/mol. The van der Waals surface area contributed by atoms with Crippen molar-refractivity contribution in [3.8, 4) is 5.75 Å². The van der Waals surface area contributed by atoms with Crippen LogP contribution in [-0.2, 0) is 15.6 Å². The van der Waals surface area contributed by atoms with E-state index in [1.165, 1.54) is 0 Å². The second-order valence-corrected chi connectivity index (χ2v) is 6.39. The smallest absolute Gasteiger partial charge is 0.155 e. The van der Waals surface area contributed by atoms with E-state index in [1.807, 2.05) is 0 Å². The van der Waals surface area contributed by atoms with Gasteiger partial charge in [-0.1, -0.05) is 6.07 Å². The second-order valence-electron chi connectivity index (χ2n) is 3.35. The van der Waals surface area contributed by atoms with Crippen molar-refractivity contribution in [1.29, 1.82) is 0 Å². The van der Waals surface area contributed by atoms with Gasteiger partial charge in [0.05, 0.1) is 23.1 Å². The summed E-state index contributed by atoms with van der Waals surface area (Å²) in [6.07, 6.45) is 0. The van der Waals surface area contributed by atoms with E-state index in [2.05, 4.69) is 15.9 Å². The molecule has 0 aliphatic heterocycles. The van der Waals surface area contributed by atoms with Gasteiger partial charge in [-0.05, 0) is 33.6 Å². The topological polar surface area (TPSA) is 69.4 Å². The first-order valence-corrected chi connectivity index (χ1v) is 7.33. The normalized spacial score (nSPS) is 11.4. The molecule has 0 bridgehead atoms. The highest BCUT2D eigenvalue weighted by atomic mass is 79.9. The van der Waals surface area contributed by atoms with Gasteiger partial charge in [0.25, 0.3) is 0 Å². The molecule has 0 fully saturated rings. The van der Waals surface area contributed by atoms with Crippen molar-refractivity contribution in [2.45, 2.75) is 5.75 Å². The maximum atomic E-state index is 11.5. The van der Waals surface area contributed by atoms with Gasteiger partial charge in [0.1, 0.15) is 5.75 Å². The van der Waals surface area contributed by atoms with E-state index < -0.39 is 9.84 Å². The molecule has 90 valence electrons. The van der Waals surface area contributed by atoms with Crippen molar-refractivity contribution in [3.63, 3.8) is 0 Å². The van der Waals surface area contributed by atoms with E-state index in [-0.39, 0.29) is 18.1 Å². The molecule has 16 heavy (non-hydrogen) atoms. The molecule has 0 spiro atoms. The fraction of sp³-hybridized carbons (Fsp3) is 0.400. The van der Waals surface area contributed by atoms with E-state index in [0.717, 1.165) is 10.0 Å². The summed E-state index contributed by atoms with van der Waals surface area (Å²) in [5.41, 5.74) is 5.96. The molecule has 2 N–H and O–H groups in total. The van der Waals surface area contributed by atoms with E-state index in [0.29, 0.717) is 5.75 Å². The van der Waals surface area contributed by atoms with Gasteiger partial charge in [0.2, 0.25) is 0 Å². The highest BCUT2D eigenvalue weighted by Crippen LogP contribution is 2.26. The number of nitrogens with two attached hydrogens (primary N) is 1. The minimum absolute atomic E-state index is 0.00674. The van der Waals surface area contributed by atoms with Crippen molar-refractivity contribution in [3.05, 3.63) is 28.2 Å². The fourth-order valence-corrected chi connectivity index (χ4v) is 3.08. The average Bonchev–Trinajstić information content (AvgIpc) is 2.17. The van der Waals surface area contributed by atoms with Crippen LogP contribution in [0, 0.1) is 0 Å². The van der Waals surface area contributed by atoms with Gasteiger partial charge in [-0.2, -0.15) is 0 Å². The summed E-state index contributed by atoms with van der Waals surface area (Å²) >= 11 is 3.31. The molecule has 1 aromatic rings. The molecule has 0 saturated carbocycles. The summed E-state index contributed by atoms with van der Waals surface area (Å²) in [6, 6.07) is 5.21. The van der Waals surface area contributed by atoms with Crippen LogP contribution >= 0.6 is 15.9 Å². The summed E-state index contributed by atoms with van der Waals surface area (Å²) in [5.74, 6) is 0.698. The first-order valence-electron chi connectivity index (χ1n) is 4.71. The SMILES string of the molecule is COc1ccc(CS(=O)(=O)CCN)cc1Br. The van der Waals surface area contributed by atoms with Crippen LogP contribution in [-0.4, -0.2) is 27.8 Å². The predicted octanol–water partition coefficient (Wildman–Crippen LogP) is 1.33. The van der Waals surface area contributed by atoms with Crippen molar-refractivity contribution in [1.82, 2.24) is 0 Å². The predicted molar refractivity (Wildman–Crippen MR) is 67.2 cm³/mol. The molecule has 0 saturated heterocycles. The maximum Gasteiger partial charge on any atom is 0.155 e. The van der Waals surface area contributed by atoms with Gasteiger partial charge >= 0.3 is 0 Å². The lowest BCUT2D eigenvalue weighted by Crippen LogP contribution is -2.17. The summed E-state index contributed by atoms with van der Waals surface area (Å²) in [7, 11) is -1.55. The van der Waals surface area contributed by atoms with Gasteiger partial charge in [0, 0.05) is 6.54 Å². The van der Waals surface area contributed by atoms with Crippen LogP contribution in [0.3, 0.4) is 0 Å². The lowest BCUT2D eigenvalue weighted by molar-refractivity contribution is 0.412. The fourth-order valence-electron chi connectivity index (χ4n) is 1.31. The Hall–Kier alpha value is -0.590. The molecule has 0 aromatic heterocycles. The van der Waals surface area contributed by atoms with Crippen LogP contribution in [0.4, 0.5) is 0 Å². The Labute approximate surface area is 104 Å². The van der Waals surface area contributed by atoms with Crippen LogP contribution in [0.2, 0.25) is 0 Å². The van der Waals surface area contributed by atoms with Crippen LogP contribution in [0.25, 0.3) is 0 Å². The van der Waals surface area contributed by atoms with Crippen LogP contribution in [0.5, 0.6) is 5.75 Å². The first kappa shape index (κ1) is 13.5. The van der Waals surface area contributed by atoms with E-state index in [1.54, 1.807) is 25.3 Å². The molecule has 6 heteroatoms. The third-order valence-electron chi connectivity index (χ3n) is 2.03. The van der Waals surface area contributed by atoms with Crippen molar-refractivity contribution in [2.24, 2.45) is 5.73 Å². The second kappa shape index (κ2) is 5.65. The summed E-state index contributed by atoms with van der Waals surface area (Å²) in [4.78, 5) is 0. The Morgan fingerprint density at radius 1 is 1.44 bits per heavy atom. The van der Waals surface area contributed by atoms with Gasteiger partial charge in [-0.3, -0.25) is 0 Å². The number of ether oxygens (including phenoxy) is 1. The zero-order valence-corrected chi connectivity index (χ0v) is 11.3. The van der Waals surface area contributed by atoms with Gasteiger partial charge in [-0.15, -0.1) is 0 Å². The quantitative estimate of drug-likeness (QED) is 0.891. The number of rotatable bonds is 5. The molecule has 0 aliphatic carbocycles. The molecule has 0 heterocycles. The Kier molecular flexibility index (Phi) is 4.76. The molecule has 0 radical (unpaired) electrons. The van der Waals surface area contributed by atoms with Crippen molar-refractivity contribution >= 4 is 25.8 Å². The van der Waals surface area contributed by atoms with Crippen molar-refractivity contribution in [2.75, 3.05) is 19.4 Å². The van der Waals surface area contributed by atoms with Crippen LogP contribution in [0.15, 0.2) is 22.7 Å². The van der Waals surface area contributed by atoms with Gasteiger partial charge < -0.3 is 10.5 Å². The molecule has 1 rings (SSSR count). The van der Waals surface area contributed by atoms with Gasteiger partial charge in [0.15, 0.2) is 9.84 Å². The number of benzene rings is 1. The first-order chi connectivity index (χ1) is 7.48. The Bertz CT molecular complexity index is 459. The van der Waals surface area contributed by atoms with Crippen molar-refractivity contribution < 1.29 is 13.2 Å². The Balaban J connectivity index is 2.87. The summed E-state index contributed by atoms with van der Waals surface area (Å²) in [6.45, 7) is 0.152. The zero-order chi connectivity index (χ0) is 12.2. The number of hydrogen-bond donors (Lipinski definition) is 1. The molecule has 1 aromatic carbocycles. The standard InChI is InChI=1S/C10H14BrNO3S/c1-15-10-3-2-8(6-9(10)11)7-16(13,14)5-4-12/h2-3,6H,4-5,7,12H2,1H3. The molecule has 0 amide bonds. The molecule has 4 nitrogen and oxygen atoms in total. The molecule has 0 unspecified atom stereocenters. The van der Waals surface area contributed by atoms with Gasteiger partial charge in [-0.25, -0.2) is 8.42 Å². The number of sulfone groups is 1. The number of methoxy groups -OCH3 is 1. The largest absolute Gasteiger partial charge is 0.496 e. The highest BCUT2D eigenvalue weighted by Gasteiger charge is 2.11. The zero-order valence-electron chi connectivity index (χ0n) is 8.94. The maximum absolute atomic E-state index is 11.5. The van der Waals surface area contributed by atoms with Crippen LogP contribution in [0.1, 0.15) is 5.56 Å². The Morgan fingerprint density at radius 2 is 2.12 bits per heavy atom. The molecule has 0 atom stereocenters. The van der Waals surface area contributed by atoms with E-state index >= 15 is 0 Å². The van der Waals surface area contributed by atoms with E-state index in [9.17, 15) is 8.42 Å². The molecular formula is C10H14BrNO3S. The van der Waals surface area contributed by atoms with Crippen LogP contribution < -0.4 is 10.5 Å². The monoisotopic (exact) mass is 307 g/mol. The minimum atomic E-state index is -3.11. The molecule has 0 aliphatic rings. The average molecular weight is 308 g/mol. The lowest BCUT2D eigenvalue weighted by atomic mass is 10.2. The lowest BCUT2D eigenvalue weighted by Gasteiger charge is -2.06. The highest BCUT2D eigenvalue weighted by molar-refractivity contribution is 9.10. The minimum Gasteiger partial charge on any atom is -0.496 e. The Morgan fingerprint density at radius 3 is 2.62 bits per heavy atom. The summed E-state index contributed by atoms with van der Waals surface area (Å²) in [5, 5.41) is 0. The summed E-state index contributed by atoms with van der Waals surface area (Å²) < 4.78 is 28.9. The number of halogens is 1.